The van der Waals surface area contributed by atoms with Crippen molar-refractivity contribution < 1.29 is 13.9 Å². The molecule has 3 rings (SSSR count). The van der Waals surface area contributed by atoms with Crippen LogP contribution in [0.25, 0.3) is 5.57 Å². The molecule has 1 amide bonds. The lowest BCUT2D eigenvalue weighted by molar-refractivity contribution is 0.100. The van der Waals surface area contributed by atoms with Gasteiger partial charge >= 0.3 is 0 Å². The van der Waals surface area contributed by atoms with Crippen LogP contribution in [-0.2, 0) is 0 Å². The fraction of sp³-hybridized carbons (Fsp3) is 0.0625. The van der Waals surface area contributed by atoms with Crippen LogP contribution in [0.4, 0.5) is 4.39 Å². The highest BCUT2D eigenvalue weighted by Crippen LogP contribution is 2.35. The number of nitrogens with zero attached hydrogens (tertiary/aromatic N) is 2. The van der Waals surface area contributed by atoms with E-state index in [4.69, 9.17) is 16.2 Å². The third-order valence-electron chi connectivity index (χ3n) is 3.32. The molecule has 116 valence electrons. The summed E-state index contributed by atoms with van der Waals surface area (Å²) in [5.41, 5.74) is 12.2. The van der Waals surface area contributed by atoms with Gasteiger partial charge in [-0.2, -0.15) is 9.38 Å². The summed E-state index contributed by atoms with van der Waals surface area (Å²) >= 11 is 0. The number of halogens is 1. The Morgan fingerprint density at radius 1 is 1.26 bits per heavy atom. The van der Waals surface area contributed by atoms with Crippen molar-refractivity contribution in [3.8, 4) is 5.75 Å². The Kier molecular flexibility index (Phi) is 3.76. The Labute approximate surface area is 131 Å². The normalized spacial score (nSPS) is 12.7. The fourth-order valence-electron chi connectivity index (χ4n) is 2.35. The predicted molar refractivity (Wildman–Crippen MR) is 83.4 cm³/mol. The number of amides is 1. The largest absolute Gasteiger partial charge is 0.489 e. The van der Waals surface area contributed by atoms with Gasteiger partial charge in [0, 0.05) is 22.9 Å². The molecular formula is C16H13FN4O2. The van der Waals surface area contributed by atoms with Gasteiger partial charge in [-0.05, 0) is 42.0 Å². The van der Waals surface area contributed by atoms with Gasteiger partial charge in [-0.15, -0.1) is 0 Å². The first-order valence-corrected chi connectivity index (χ1v) is 6.78. The highest BCUT2D eigenvalue weighted by molar-refractivity contribution is 6.03. The van der Waals surface area contributed by atoms with E-state index in [2.05, 4.69) is 9.98 Å². The number of hydrogen-bond acceptors (Lipinski definition) is 3. The number of carbonyl (C=O) groups excluding carboxylic acids is 1. The summed E-state index contributed by atoms with van der Waals surface area (Å²) in [6, 6.07) is 8.01. The minimum atomic E-state index is -0.590. The molecule has 6 nitrogen and oxygen atoms in total. The van der Waals surface area contributed by atoms with E-state index in [1.54, 1.807) is 36.4 Å². The average molecular weight is 312 g/mol. The Hall–Kier alpha value is -3.22. The molecule has 23 heavy (non-hydrogen) atoms. The van der Waals surface area contributed by atoms with Gasteiger partial charge in [0.05, 0.1) is 0 Å². The number of hydrogen-bond donors (Lipinski definition) is 2. The van der Waals surface area contributed by atoms with E-state index < -0.39 is 11.9 Å². The molecule has 1 aromatic heterocycles. The molecule has 0 aliphatic carbocycles. The first-order chi connectivity index (χ1) is 11.1. The van der Waals surface area contributed by atoms with Crippen LogP contribution in [0.5, 0.6) is 5.75 Å². The van der Waals surface area contributed by atoms with Gasteiger partial charge in [0.2, 0.25) is 5.95 Å². The first-order valence-electron chi connectivity index (χ1n) is 6.78. The molecule has 1 aliphatic rings. The Morgan fingerprint density at radius 3 is 2.83 bits per heavy atom. The van der Waals surface area contributed by atoms with Gasteiger partial charge in [-0.3, -0.25) is 4.79 Å². The molecule has 2 aromatic rings. The van der Waals surface area contributed by atoms with Crippen LogP contribution in [0.15, 0.2) is 47.6 Å². The summed E-state index contributed by atoms with van der Waals surface area (Å²) in [6.07, 6.45) is 3.11. The maximum atomic E-state index is 14.0. The van der Waals surface area contributed by atoms with Gasteiger partial charge in [-0.25, -0.2) is 4.98 Å². The highest BCUT2D eigenvalue weighted by atomic mass is 19.1. The van der Waals surface area contributed by atoms with E-state index in [1.165, 1.54) is 6.20 Å². The average Bonchev–Trinajstić information content (AvgIpc) is 2.54. The molecule has 0 fully saturated rings. The molecule has 1 aromatic carbocycles. The predicted octanol–water partition coefficient (Wildman–Crippen LogP) is 1.46. The summed E-state index contributed by atoms with van der Waals surface area (Å²) < 4.78 is 19.5. The van der Waals surface area contributed by atoms with E-state index in [9.17, 15) is 9.18 Å². The van der Waals surface area contributed by atoms with E-state index >= 15 is 0 Å². The summed E-state index contributed by atoms with van der Waals surface area (Å²) in [5.74, 6) is -0.943. The molecule has 2 heterocycles. The van der Waals surface area contributed by atoms with Crippen LogP contribution in [0, 0.1) is 5.95 Å². The minimum absolute atomic E-state index is 0.276. The number of rotatable bonds is 2. The second kappa shape index (κ2) is 5.88. The molecular weight excluding hydrogens is 299 g/mol. The minimum Gasteiger partial charge on any atom is -0.489 e. The summed E-state index contributed by atoms with van der Waals surface area (Å²) in [4.78, 5) is 19.1. The quantitative estimate of drug-likeness (QED) is 0.496. The number of carbonyl (C=O) groups is 1. The monoisotopic (exact) mass is 312 g/mol. The maximum absolute atomic E-state index is 14.0. The van der Waals surface area contributed by atoms with E-state index in [1.807, 2.05) is 0 Å². The molecule has 0 saturated carbocycles. The van der Waals surface area contributed by atoms with Crippen molar-refractivity contribution in [3.05, 3.63) is 65.2 Å². The van der Waals surface area contributed by atoms with E-state index in [0.29, 0.717) is 29.1 Å². The van der Waals surface area contributed by atoms with Crippen LogP contribution < -0.4 is 16.2 Å². The summed E-state index contributed by atoms with van der Waals surface area (Å²) in [5, 5.41) is 0. The van der Waals surface area contributed by atoms with E-state index in [0.717, 1.165) is 0 Å². The number of guanidine groups is 1. The summed E-state index contributed by atoms with van der Waals surface area (Å²) in [7, 11) is 0. The number of ether oxygens (including phenoxy) is 1. The third-order valence-corrected chi connectivity index (χ3v) is 3.32. The van der Waals surface area contributed by atoms with Gasteiger partial charge in [0.15, 0.2) is 5.96 Å². The highest BCUT2D eigenvalue weighted by Gasteiger charge is 2.20. The Bertz CT molecular complexity index is 842. The van der Waals surface area contributed by atoms with Crippen LogP contribution in [-0.4, -0.2) is 23.5 Å². The van der Waals surface area contributed by atoms with Crippen LogP contribution >= 0.6 is 0 Å². The lowest BCUT2D eigenvalue weighted by atomic mass is 9.94. The fourth-order valence-corrected chi connectivity index (χ4v) is 2.35. The zero-order chi connectivity index (χ0) is 16.4. The second-order valence-corrected chi connectivity index (χ2v) is 4.82. The number of pyridine rings is 1. The van der Waals surface area contributed by atoms with Gasteiger partial charge < -0.3 is 16.2 Å². The number of fused-ring (bicyclic) bond motifs is 1. The van der Waals surface area contributed by atoms with E-state index in [-0.39, 0.29) is 11.5 Å². The van der Waals surface area contributed by atoms with Crippen molar-refractivity contribution in [1.29, 1.82) is 0 Å². The van der Waals surface area contributed by atoms with Crippen LogP contribution in [0.3, 0.4) is 0 Å². The number of aliphatic imine (C=N–C) groups is 1. The Balaban J connectivity index is 2.09. The first kappa shape index (κ1) is 14.7. The zero-order valence-corrected chi connectivity index (χ0v) is 12.0. The van der Waals surface area contributed by atoms with Gasteiger partial charge in [0.25, 0.3) is 5.91 Å². The topological polar surface area (TPSA) is 104 Å². The molecule has 0 atom stereocenters. The molecule has 0 spiro atoms. The Morgan fingerprint density at radius 2 is 2.09 bits per heavy atom. The number of benzene rings is 1. The smallest absolute Gasteiger partial charge is 0.280 e. The summed E-state index contributed by atoms with van der Waals surface area (Å²) in [6.45, 7) is 0.303. The van der Waals surface area contributed by atoms with Crippen molar-refractivity contribution in [2.75, 3.05) is 6.61 Å². The van der Waals surface area contributed by atoms with Gasteiger partial charge in [0.1, 0.15) is 12.4 Å². The molecule has 0 saturated heterocycles. The molecule has 7 heteroatoms. The standard InChI is InChI=1S/C16H13FN4O2/c17-14-11(2-1-6-20-14)10-5-7-23-13-4-3-9(8-12(10)13)15(22)21-16(18)19/h1-6,8H,7H2,(H4,18,19,21,22). The molecule has 0 radical (unpaired) electrons. The lowest BCUT2D eigenvalue weighted by Crippen LogP contribution is -2.24. The number of aromatic nitrogens is 1. The molecule has 4 N–H and O–H groups in total. The van der Waals surface area contributed by atoms with Crippen LogP contribution in [0.1, 0.15) is 21.5 Å². The van der Waals surface area contributed by atoms with Crippen molar-refractivity contribution in [3.63, 3.8) is 0 Å². The van der Waals surface area contributed by atoms with Gasteiger partial charge in [-0.1, -0.05) is 0 Å². The SMILES string of the molecule is NC(N)=NC(=O)c1ccc2c(c1)C(c1cccnc1F)=CCO2. The number of nitrogens with two attached hydrogens (primary N) is 2. The maximum Gasteiger partial charge on any atom is 0.280 e. The van der Waals surface area contributed by atoms with Crippen molar-refractivity contribution >= 4 is 17.4 Å². The molecule has 1 aliphatic heterocycles. The van der Waals surface area contributed by atoms with Crippen molar-refractivity contribution in [2.45, 2.75) is 0 Å². The zero-order valence-electron chi connectivity index (χ0n) is 12.0. The second-order valence-electron chi connectivity index (χ2n) is 4.82. The van der Waals surface area contributed by atoms with Crippen molar-refractivity contribution in [1.82, 2.24) is 4.98 Å². The lowest BCUT2D eigenvalue weighted by Gasteiger charge is -2.19. The van der Waals surface area contributed by atoms with Crippen molar-refractivity contribution in [2.24, 2.45) is 16.5 Å². The molecule has 0 unspecified atom stereocenters. The third kappa shape index (κ3) is 2.89. The molecule has 0 bridgehead atoms. The van der Waals surface area contributed by atoms with Crippen LogP contribution in [0.2, 0.25) is 0 Å².